The van der Waals surface area contributed by atoms with Crippen LogP contribution in [-0.2, 0) is 11.8 Å². The standard InChI is InChI=1S/C10H19N3/c1-10(2,3)9-12-7-8(13-9)5-6-11-4/h7,11H,5-6H2,1-4H3,(H,12,13). The summed E-state index contributed by atoms with van der Waals surface area (Å²) in [4.78, 5) is 7.69. The van der Waals surface area contributed by atoms with E-state index in [4.69, 9.17) is 0 Å². The Balaban J connectivity index is 2.64. The first kappa shape index (κ1) is 10.3. The number of rotatable bonds is 3. The molecule has 1 aromatic heterocycles. The molecule has 2 N–H and O–H groups in total. The number of imidazole rings is 1. The minimum absolute atomic E-state index is 0.123. The van der Waals surface area contributed by atoms with Crippen LogP contribution >= 0.6 is 0 Å². The van der Waals surface area contributed by atoms with Gasteiger partial charge in [-0.25, -0.2) is 4.98 Å². The second-order valence-electron chi connectivity index (χ2n) is 4.36. The van der Waals surface area contributed by atoms with Gasteiger partial charge < -0.3 is 10.3 Å². The molecule has 1 rings (SSSR count). The van der Waals surface area contributed by atoms with Gasteiger partial charge in [-0.3, -0.25) is 0 Å². The Morgan fingerprint density at radius 2 is 2.15 bits per heavy atom. The van der Waals surface area contributed by atoms with Crippen LogP contribution in [0.3, 0.4) is 0 Å². The molecule has 0 amide bonds. The van der Waals surface area contributed by atoms with Crippen molar-refractivity contribution in [3.8, 4) is 0 Å². The first-order valence-corrected chi connectivity index (χ1v) is 4.73. The summed E-state index contributed by atoms with van der Waals surface area (Å²) in [5.41, 5.74) is 1.33. The Kier molecular flexibility index (Phi) is 3.09. The summed E-state index contributed by atoms with van der Waals surface area (Å²) >= 11 is 0. The van der Waals surface area contributed by atoms with Crippen molar-refractivity contribution in [3.05, 3.63) is 17.7 Å². The molecule has 0 aromatic carbocycles. The predicted octanol–water partition coefficient (Wildman–Crippen LogP) is 1.47. The monoisotopic (exact) mass is 181 g/mol. The molecule has 3 nitrogen and oxygen atoms in total. The molecule has 0 spiro atoms. The number of nitrogens with zero attached hydrogens (tertiary/aromatic N) is 1. The van der Waals surface area contributed by atoms with Gasteiger partial charge in [0.2, 0.25) is 0 Å². The van der Waals surface area contributed by atoms with E-state index in [1.807, 2.05) is 13.2 Å². The zero-order valence-electron chi connectivity index (χ0n) is 8.94. The summed E-state index contributed by atoms with van der Waals surface area (Å²) in [7, 11) is 1.96. The first-order valence-electron chi connectivity index (χ1n) is 4.73. The molecule has 0 aliphatic carbocycles. The van der Waals surface area contributed by atoms with Crippen LogP contribution < -0.4 is 5.32 Å². The highest BCUT2D eigenvalue weighted by molar-refractivity contribution is 5.08. The van der Waals surface area contributed by atoms with Gasteiger partial charge in [0.15, 0.2) is 0 Å². The summed E-state index contributed by atoms with van der Waals surface area (Å²) in [6, 6.07) is 0. The predicted molar refractivity (Wildman–Crippen MR) is 54.9 cm³/mol. The van der Waals surface area contributed by atoms with Crippen LogP contribution in [0.4, 0.5) is 0 Å². The van der Waals surface area contributed by atoms with Crippen molar-refractivity contribution >= 4 is 0 Å². The summed E-state index contributed by atoms with van der Waals surface area (Å²) in [6.45, 7) is 7.47. The van der Waals surface area contributed by atoms with E-state index in [9.17, 15) is 0 Å². The molecule has 0 saturated heterocycles. The summed E-state index contributed by atoms with van der Waals surface area (Å²) in [6.07, 6.45) is 2.94. The van der Waals surface area contributed by atoms with E-state index in [0.717, 1.165) is 18.8 Å². The summed E-state index contributed by atoms with van der Waals surface area (Å²) in [5, 5.41) is 3.12. The van der Waals surface area contributed by atoms with Crippen LogP contribution in [0.25, 0.3) is 0 Å². The highest BCUT2D eigenvalue weighted by Gasteiger charge is 2.16. The number of hydrogen-bond donors (Lipinski definition) is 2. The van der Waals surface area contributed by atoms with Crippen LogP contribution in [0.1, 0.15) is 32.3 Å². The molecule has 0 atom stereocenters. The third kappa shape index (κ3) is 2.84. The van der Waals surface area contributed by atoms with Gasteiger partial charge in [-0.15, -0.1) is 0 Å². The first-order chi connectivity index (χ1) is 6.04. The number of H-pyrrole nitrogens is 1. The number of hydrogen-bond acceptors (Lipinski definition) is 2. The molecule has 1 aromatic rings. The minimum atomic E-state index is 0.123. The Morgan fingerprint density at radius 1 is 1.46 bits per heavy atom. The fraction of sp³-hybridized carbons (Fsp3) is 0.700. The van der Waals surface area contributed by atoms with Crippen molar-refractivity contribution in [2.75, 3.05) is 13.6 Å². The second kappa shape index (κ2) is 3.92. The lowest BCUT2D eigenvalue weighted by Gasteiger charge is -2.14. The number of likely N-dealkylation sites (N-methyl/N-ethyl adjacent to an activating group) is 1. The van der Waals surface area contributed by atoms with Crippen LogP contribution in [0.2, 0.25) is 0 Å². The molecule has 3 heteroatoms. The highest BCUT2D eigenvalue weighted by Crippen LogP contribution is 2.18. The van der Waals surface area contributed by atoms with E-state index in [1.54, 1.807) is 0 Å². The number of nitrogens with one attached hydrogen (secondary N) is 2. The van der Waals surface area contributed by atoms with Crippen molar-refractivity contribution in [2.45, 2.75) is 32.6 Å². The Morgan fingerprint density at radius 3 is 2.62 bits per heavy atom. The average Bonchev–Trinajstić information content (AvgIpc) is 2.47. The molecule has 0 aliphatic rings. The molecular formula is C10H19N3. The maximum atomic E-state index is 4.36. The van der Waals surface area contributed by atoms with Gasteiger partial charge in [0, 0.05) is 30.3 Å². The van der Waals surface area contributed by atoms with Gasteiger partial charge in [-0.1, -0.05) is 20.8 Å². The molecule has 0 fully saturated rings. The zero-order valence-corrected chi connectivity index (χ0v) is 8.94. The Hall–Kier alpha value is -0.830. The van der Waals surface area contributed by atoms with Gasteiger partial charge in [-0.2, -0.15) is 0 Å². The Labute approximate surface area is 80.0 Å². The van der Waals surface area contributed by atoms with Gasteiger partial charge >= 0.3 is 0 Å². The normalized spacial score (nSPS) is 12.0. The average molecular weight is 181 g/mol. The van der Waals surface area contributed by atoms with E-state index in [2.05, 4.69) is 36.1 Å². The van der Waals surface area contributed by atoms with Crippen molar-refractivity contribution in [1.82, 2.24) is 15.3 Å². The van der Waals surface area contributed by atoms with Crippen LogP contribution in [-0.4, -0.2) is 23.6 Å². The maximum Gasteiger partial charge on any atom is 0.111 e. The third-order valence-corrected chi connectivity index (χ3v) is 1.98. The van der Waals surface area contributed by atoms with Crippen LogP contribution in [0.5, 0.6) is 0 Å². The molecule has 0 unspecified atom stereocenters. The molecule has 74 valence electrons. The number of aromatic amines is 1. The lowest BCUT2D eigenvalue weighted by molar-refractivity contribution is 0.551. The van der Waals surface area contributed by atoms with Crippen LogP contribution in [0, 0.1) is 0 Å². The number of aromatic nitrogens is 2. The fourth-order valence-electron chi connectivity index (χ4n) is 1.13. The van der Waals surface area contributed by atoms with Crippen molar-refractivity contribution in [1.29, 1.82) is 0 Å². The minimum Gasteiger partial charge on any atom is -0.345 e. The van der Waals surface area contributed by atoms with E-state index in [0.29, 0.717) is 0 Å². The van der Waals surface area contributed by atoms with Gasteiger partial charge in [-0.05, 0) is 7.05 Å². The smallest absolute Gasteiger partial charge is 0.111 e. The topological polar surface area (TPSA) is 40.7 Å². The van der Waals surface area contributed by atoms with Crippen LogP contribution in [0.15, 0.2) is 6.20 Å². The largest absolute Gasteiger partial charge is 0.345 e. The quantitative estimate of drug-likeness (QED) is 0.741. The lowest BCUT2D eigenvalue weighted by Crippen LogP contribution is -2.14. The van der Waals surface area contributed by atoms with E-state index >= 15 is 0 Å². The maximum absolute atomic E-state index is 4.36. The molecule has 0 radical (unpaired) electrons. The molecule has 1 heterocycles. The van der Waals surface area contributed by atoms with Crippen molar-refractivity contribution < 1.29 is 0 Å². The Bertz CT molecular complexity index is 257. The second-order valence-corrected chi connectivity index (χ2v) is 4.36. The van der Waals surface area contributed by atoms with E-state index in [-0.39, 0.29) is 5.41 Å². The van der Waals surface area contributed by atoms with Gasteiger partial charge in [0.05, 0.1) is 0 Å². The van der Waals surface area contributed by atoms with Crippen molar-refractivity contribution in [3.63, 3.8) is 0 Å². The lowest BCUT2D eigenvalue weighted by atomic mass is 9.96. The van der Waals surface area contributed by atoms with Gasteiger partial charge in [0.25, 0.3) is 0 Å². The van der Waals surface area contributed by atoms with E-state index in [1.165, 1.54) is 5.69 Å². The molecule has 0 aliphatic heterocycles. The summed E-state index contributed by atoms with van der Waals surface area (Å²) in [5.74, 6) is 1.07. The molecule has 0 bridgehead atoms. The van der Waals surface area contributed by atoms with Gasteiger partial charge in [0.1, 0.15) is 5.82 Å². The zero-order chi connectivity index (χ0) is 9.90. The molecular weight excluding hydrogens is 162 g/mol. The van der Waals surface area contributed by atoms with E-state index < -0.39 is 0 Å². The van der Waals surface area contributed by atoms with Crippen molar-refractivity contribution in [2.24, 2.45) is 0 Å². The highest BCUT2D eigenvalue weighted by atomic mass is 14.9. The molecule has 13 heavy (non-hydrogen) atoms. The summed E-state index contributed by atoms with van der Waals surface area (Å²) < 4.78 is 0. The SMILES string of the molecule is CNCCc1cnc(C(C)(C)C)[nH]1. The molecule has 0 saturated carbocycles. The third-order valence-electron chi connectivity index (χ3n) is 1.98. The fourth-order valence-corrected chi connectivity index (χ4v) is 1.13.